The first-order valence-electron chi connectivity index (χ1n) is 18.2. The van der Waals surface area contributed by atoms with Gasteiger partial charge in [0.05, 0.1) is 0 Å². The zero-order valence-corrected chi connectivity index (χ0v) is 31.1. The molecule has 0 radical (unpaired) electrons. The van der Waals surface area contributed by atoms with Gasteiger partial charge in [0.25, 0.3) is 0 Å². The van der Waals surface area contributed by atoms with Crippen molar-refractivity contribution in [3.8, 4) is 16.9 Å². The van der Waals surface area contributed by atoms with Gasteiger partial charge < -0.3 is 14.9 Å². The molecule has 0 saturated carbocycles. The number of allylic oxidation sites excluding steroid dienone is 2. The first-order valence-corrected chi connectivity index (χ1v) is 22.1. The maximum atomic E-state index is 10.8. The SMILES string of the molecule is Cc1cc2c3c(c1)N(c1ccc(-c4ccccc4)cc1)c1cc(N4C5=C(CCCC5)[Si](C)(C)c5ccccc54)ccc1B3c1cc(O)ccc1S2. The minimum absolute atomic E-state index is 0.0206. The van der Waals surface area contributed by atoms with Gasteiger partial charge in [-0.05, 0) is 126 Å². The van der Waals surface area contributed by atoms with Crippen molar-refractivity contribution in [3.63, 3.8) is 0 Å². The molecule has 4 aliphatic rings. The Morgan fingerprint density at radius 3 is 2.22 bits per heavy atom. The zero-order chi connectivity index (χ0) is 34.4. The van der Waals surface area contributed by atoms with E-state index in [1.165, 1.54) is 95.8 Å². The Kier molecular flexibility index (Phi) is 7.00. The van der Waals surface area contributed by atoms with E-state index in [4.69, 9.17) is 0 Å². The van der Waals surface area contributed by atoms with Crippen LogP contribution in [0.25, 0.3) is 11.1 Å². The summed E-state index contributed by atoms with van der Waals surface area (Å²) in [6, 6.07) is 46.8. The van der Waals surface area contributed by atoms with Crippen LogP contribution >= 0.6 is 11.8 Å². The molecule has 1 aliphatic carbocycles. The van der Waals surface area contributed by atoms with Gasteiger partial charge in [0.2, 0.25) is 6.71 Å². The van der Waals surface area contributed by atoms with Gasteiger partial charge in [0.1, 0.15) is 13.8 Å². The summed E-state index contributed by atoms with van der Waals surface area (Å²) in [6.07, 6.45) is 4.86. The molecule has 6 aromatic carbocycles. The largest absolute Gasteiger partial charge is 0.508 e. The van der Waals surface area contributed by atoms with Crippen molar-refractivity contribution >= 4 is 76.6 Å². The van der Waals surface area contributed by atoms with Crippen molar-refractivity contribution in [3.05, 3.63) is 144 Å². The minimum atomic E-state index is -1.79. The second-order valence-corrected chi connectivity index (χ2v) is 20.5. The van der Waals surface area contributed by atoms with E-state index < -0.39 is 8.07 Å². The molecule has 0 fully saturated rings. The Bertz CT molecular complexity index is 2420. The van der Waals surface area contributed by atoms with Crippen LogP contribution in [0.3, 0.4) is 0 Å². The molecule has 0 amide bonds. The predicted molar refractivity (Wildman–Crippen MR) is 219 cm³/mol. The van der Waals surface area contributed by atoms with Crippen molar-refractivity contribution in [2.45, 2.75) is 55.5 Å². The fourth-order valence-corrected chi connectivity index (χ4v) is 14.0. The van der Waals surface area contributed by atoms with E-state index in [1.54, 1.807) is 5.20 Å². The fraction of sp³-hybridized carbons (Fsp3) is 0.156. The Balaban J connectivity index is 1.22. The molecular weight excluding hydrogens is 655 g/mol. The number of phenols is 1. The number of aryl methyl sites for hydroxylation is 1. The van der Waals surface area contributed by atoms with Crippen LogP contribution in [0.15, 0.2) is 148 Å². The number of fused-ring (bicyclic) bond motifs is 5. The summed E-state index contributed by atoms with van der Waals surface area (Å²) in [4.78, 5) is 7.64. The van der Waals surface area contributed by atoms with E-state index in [-0.39, 0.29) is 6.71 Å². The van der Waals surface area contributed by atoms with Crippen molar-refractivity contribution in [2.75, 3.05) is 9.80 Å². The smallest absolute Gasteiger partial charge is 0.249 e. The predicted octanol–water partition coefficient (Wildman–Crippen LogP) is 9.57. The lowest BCUT2D eigenvalue weighted by molar-refractivity contribution is 0.475. The third-order valence-corrected chi connectivity index (χ3v) is 16.6. The van der Waals surface area contributed by atoms with E-state index >= 15 is 0 Å². The first kappa shape index (κ1) is 30.9. The summed E-state index contributed by atoms with van der Waals surface area (Å²) in [6.45, 7) is 7.35. The standard InChI is InChI=1S/C45H39BN2OSSi/c1-29-25-40-45-42(26-29)50-41-24-22-34(49)28-36(41)46(45)35-23-21-33(27-39(35)47(40)32-19-17-31(18-20-32)30-11-5-4-6-12-30)48-37-13-7-9-15-43(37)51(2,3)44-16-10-8-14-38(44)48/h4-7,9,11-13,15,17-28,49H,8,10,14,16H2,1-3H3. The molecule has 0 spiro atoms. The Labute approximate surface area is 306 Å². The van der Waals surface area contributed by atoms with Crippen LogP contribution in [-0.4, -0.2) is 19.9 Å². The van der Waals surface area contributed by atoms with Gasteiger partial charge in [-0.1, -0.05) is 102 Å². The molecule has 6 heteroatoms. The molecule has 0 saturated heterocycles. The highest BCUT2D eigenvalue weighted by molar-refractivity contribution is 8.00. The van der Waals surface area contributed by atoms with E-state index in [0.717, 1.165) is 12.1 Å². The lowest BCUT2D eigenvalue weighted by Gasteiger charge is -2.45. The highest BCUT2D eigenvalue weighted by atomic mass is 32.2. The molecule has 10 rings (SSSR count). The number of hydrogen-bond acceptors (Lipinski definition) is 4. The Hall–Kier alpha value is -4.91. The highest BCUT2D eigenvalue weighted by Gasteiger charge is 2.44. The van der Waals surface area contributed by atoms with Gasteiger partial charge in [0, 0.05) is 43.9 Å². The maximum absolute atomic E-state index is 10.8. The van der Waals surface area contributed by atoms with Gasteiger partial charge in [-0.25, -0.2) is 0 Å². The number of para-hydroxylation sites is 1. The Morgan fingerprint density at radius 1 is 0.627 bits per heavy atom. The van der Waals surface area contributed by atoms with Crippen LogP contribution in [-0.2, 0) is 0 Å². The molecule has 3 nitrogen and oxygen atoms in total. The summed E-state index contributed by atoms with van der Waals surface area (Å²) < 4.78 is 0. The highest BCUT2D eigenvalue weighted by Crippen LogP contribution is 2.47. The Morgan fingerprint density at radius 2 is 1.37 bits per heavy atom. The monoisotopic (exact) mass is 694 g/mol. The quantitative estimate of drug-likeness (QED) is 0.187. The average molecular weight is 695 g/mol. The summed E-state index contributed by atoms with van der Waals surface area (Å²) in [5, 5.41) is 14.1. The summed E-state index contributed by atoms with van der Waals surface area (Å²) in [7, 11) is -1.79. The van der Waals surface area contributed by atoms with Crippen molar-refractivity contribution in [1.82, 2.24) is 0 Å². The number of aromatic hydroxyl groups is 1. The molecule has 3 aliphatic heterocycles. The van der Waals surface area contributed by atoms with E-state index in [9.17, 15) is 5.11 Å². The summed E-state index contributed by atoms with van der Waals surface area (Å²) >= 11 is 1.83. The summed E-state index contributed by atoms with van der Waals surface area (Å²) in [5.74, 6) is 0.317. The van der Waals surface area contributed by atoms with Crippen LogP contribution in [0.4, 0.5) is 28.4 Å². The topological polar surface area (TPSA) is 26.7 Å². The lowest BCUT2D eigenvalue weighted by Crippen LogP contribution is -2.59. The van der Waals surface area contributed by atoms with Gasteiger partial charge in [-0.3, -0.25) is 0 Å². The number of anilines is 5. The number of hydrogen-bond donors (Lipinski definition) is 1. The third kappa shape index (κ3) is 4.73. The van der Waals surface area contributed by atoms with Crippen LogP contribution in [0.2, 0.25) is 13.1 Å². The fourth-order valence-electron chi connectivity index (χ4n) is 9.32. The van der Waals surface area contributed by atoms with Crippen molar-refractivity contribution < 1.29 is 5.11 Å². The van der Waals surface area contributed by atoms with Gasteiger partial charge >= 0.3 is 0 Å². The molecule has 0 bridgehead atoms. The molecule has 51 heavy (non-hydrogen) atoms. The average Bonchev–Trinajstić information content (AvgIpc) is 3.15. The lowest BCUT2D eigenvalue weighted by atomic mass is 9.35. The van der Waals surface area contributed by atoms with E-state index in [2.05, 4.69) is 145 Å². The second-order valence-electron chi connectivity index (χ2n) is 15.1. The van der Waals surface area contributed by atoms with Crippen LogP contribution < -0.4 is 31.4 Å². The second kappa shape index (κ2) is 11.6. The molecule has 3 heterocycles. The first-order chi connectivity index (χ1) is 24.9. The molecule has 0 unspecified atom stereocenters. The molecule has 1 N–H and O–H groups in total. The number of rotatable bonds is 3. The normalized spacial score (nSPS) is 16.6. The molecular formula is C45H39BN2OSSi. The maximum Gasteiger partial charge on any atom is 0.249 e. The van der Waals surface area contributed by atoms with Crippen molar-refractivity contribution in [1.29, 1.82) is 0 Å². The van der Waals surface area contributed by atoms with Crippen molar-refractivity contribution in [2.24, 2.45) is 0 Å². The van der Waals surface area contributed by atoms with E-state index in [1.807, 2.05) is 23.9 Å². The third-order valence-electron chi connectivity index (χ3n) is 11.7. The van der Waals surface area contributed by atoms with Crippen LogP contribution in [0, 0.1) is 6.92 Å². The van der Waals surface area contributed by atoms with Gasteiger partial charge in [-0.2, -0.15) is 0 Å². The minimum Gasteiger partial charge on any atom is -0.508 e. The molecule has 248 valence electrons. The van der Waals surface area contributed by atoms with Gasteiger partial charge in [-0.15, -0.1) is 0 Å². The number of phenolic OH excluding ortho intramolecular Hbond substituents is 1. The van der Waals surface area contributed by atoms with Crippen LogP contribution in [0.5, 0.6) is 5.75 Å². The number of benzene rings is 6. The number of nitrogens with zero attached hydrogens (tertiary/aromatic N) is 2. The zero-order valence-electron chi connectivity index (χ0n) is 29.3. The molecule has 0 aromatic heterocycles. The molecule has 0 atom stereocenters. The van der Waals surface area contributed by atoms with E-state index in [0.29, 0.717) is 5.75 Å². The van der Waals surface area contributed by atoms with Crippen LogP contribution in [0.1, 0.15) is 31.2 Å². The summed E-state index contributed by atoms with van der Waals surface area (Å²) in [5.41, 5.74) is 15.1. The molecule has 6 aromatic rings. The van der Waals surface area contributed by atoms with Gasteiger partial charge in [0.15, 0.2) is 0 Å².